The molecule has 0 spiro atoms. The van der Waals surface area contributed by atoms with E-state index in [9.17, 15) is 4.79 Å². The van der Waals surface area contributed by atoms with Gasteiger partial charge in [0, 0.05) is 44.0 Å². The van der Waals surface area contributed by atoms with E-state index in [-0.39, 0.29) is 11.3 Å². The lowest BCUT2D eigenvalue weighted by atomic mass is 9.87. The molecule has 2 aromatic carbocycles. The van der Waals surface area contributed by atoms with Gasteiger partial charge >= 0.3 is 0 Å². The minimum atomic E-state index is 0.0974. The summed E-state index contributed by atoms with van der Waals surface area (Å²) in [6.07, 6.45) is 1.84. The van der Waals surface area contributed by atoms with Gasteiger partial charge in [-0.25, -0.2) is 0 Å². The van der Waals surface area contributed by atoms with Gasteiger partial charge in [0.2, 0.25) is 5.91 Å². The van der Waals surface area contributed by atoms with Crippen LogP contribution in [0.3, 0.4) is 0 Å². The highest BCUT2D eigenvalue weighted by atomic mass is 32.2. The van der Waals surface area contributed by atoms with Crippen LogP contribution in [0.1, 0.15) is 31.9 Å². The van der Waals surface area contributed by atoms with Crippen molar-refractivity contribution in [1.82, 2.24) is 19.7 Å². The number of piperazine rings is 1. The molecule has 0 radical (unpaired) electrons. The van der Waals surface area contributed by atoms with Crippen LogP contribution >= 0.6 is 11.8 Å². The van der Waals surface area contributed by atoms with Gasteiger partial charge in [-0.15, -0.1) is 16.8 Å². The zero-order valence-corrected chi connectivity index (χ0v) is 22.0. The third kappa shape index (κ3) is 5.96. The van der Waals surface area contributed by atoms with Crippen molar-refractivity contribution in [2.75, 3.05) is 36.8 Å². The van der Waals surface area contributed by atoms with Crippen molar-refractivity contribution in [3.8, 4) is 11.4 Å². The number of anilines is 1. The molecular weight excluding hydrogens is 454 g/mol. The van der Waals surface area contributed by atoms with Gasteiger partial charge in [-0.2, -0.15) is 0 Å². The molecule has 35 heavy (non-hydrogen) atoms. The summed E-state index contributed by atoms with van der Waals surface area (Å²) in [4.78, 5) is 17.3. The van der Waals surface area contributed by atoms with E-state index in [1.807, 2.05) is 15.5 Å². The Bertz CT molecular complexity index is 1170. The number of aryl methyl sites for hydroxylation is 1. The van der Waals surface area contributed by atoms with Crippen LogP contribution in [0.5, 0.6) is 0 Å². The summed E-state index contributed by atoms with van der Waals surface area (Å²) >= 11 is 1.45. The van der Waals surface area contributed by atoms with Gasteiger partial charge in [-0.3, -0.25) is 9.36 Å². The average Bonchev–Trinajstić information content (AvgIpc) is 3.25. The maximum absolute atomic E-state index is 13.0. The first kappa shape index (κ1) is 25.0. The van der Waals surface area contributed by atoms with E-state index in [0.717, 1.165) is 42.7 Å². The molecule has 0 atom stereocenters. The standard InChI is InChI=1S/C28H35N5OS/c1-6-14-33-26(22-10-12-23(13-11-22)28(3,4)5)29-30-27(33)35-20-25(34)32-17-15-31(16-18-32)24-9-7-8-21(2)19-24/h6-13,19H,1,14-18,20H2,2-5H3. The fraction of sp³-hybridized carbons (Fsp3) is 0.393. The quantitative estimate of drug-likeness (QED) is 0.338. The summed E-state index contributed by atoms with van der Waals surface area (Å²) in [6, 6.07) is 17.0. The summed E-state index contributed by atoms with van der Waals surface area (Å²) in [5.41, 5.74) is 4.87. The monoisotopic (exact) mass is 489 g/mol. The number of nitrogens with zero attached hydrogens (tertiary/aromatic N) is 5. The molecule has 0 unspecified atom stereocenters. The van der Waals surface area contributed by atoms with E-state index in [1.165, 1.54) is 28.6 Å². The minimum Gasteiger partial charge on any atom is -0.368 e. The molecule has 0 bridgehead atoms. The van der Waals surface area contributed by atoms with Crippen LogP contribution in [-0.4, -0.2) is 57.5 Å². The predicted octanol–water partition coefficient (Wildman–Crippen LogP) is 5.18. The highest BCUT2D eigenvalue weighted by Crippen LogP contribution is 2.28. The average molecular weight is 490 g/mol. The number of hydrogen-bond acceptors (Lipinski definition) is 5. The van der Waals surface area contributed by atoms with Gasteiger partial charge in [0.1, 0.15) is 0 Å². The zero-order chi connectivity index (χ0) is 25.0. The molecule has 184 valence electrons. The van der Waals surface area contributed by atoms with Gasteiger partial charge in [0.25, 0.3) is 0 Å². The van der Waals surface area contributed by atoms with Gasteiger partial charge in [-0.05, 0) is 35.6 Å². The van der Waals surface area contributed by atoms with E-state index in [0.29, 0.717) is 12.3 Å². The Balaban J connectivity index is 1.38. The lowest BCUT2D eigenvalue weighted by molar-refractivity contribution is -0.128. The Morgan fingerprint density at radius 1 is 1.06 bits per heavy atom. The van der Waals surface area contributed by atoms with Crippen molar-refractivity contribution in [3.05, 3.63) is 72.3 Å². The molecule has 1 aliphatic heterocycles. The molecule has 1 amide bonds. The van der Waals surface area contributed by atoms with E-state index in [4.69, 9.17) is 0 Å². The van der Waals surface area contributed by atoms with E-state index in [2.05, 4.69) is 97.9 Å². The molecule has 2 heterocycles. The number of amides is 1. The SMILES string of the molecule is C=CCn1c(SCC(=O)N2CCN(c3cccc(C)c3)CC2)nnc1-c1ccc(C(C)(C)C)cc1. The van der Waals surface area contributed by atoms with E-state index in [1.54, 1.807) is 0 Å². The van der Waals surface area contributed by atoms with Gasteiger partial charge < -0.3 is 9.80 Å². The van der Waals surface area contributed by atoms with Gasteiger partial charge in [0.05, 0.1) is 5.75 Å². The molecule has 0 saturated carbocycles. The number of thioether (sulfide) groups is 1. The molecule has 0 N–H and O–H groups in total. The highest BCUT2D eigenvalue weighted by Gasteiger charge is 2.23. The third-order valence-electron chi connectivity index (χ3n) is 6.36. The van der Waals surface area contributed by atoms with Crippen molar-refractivity contribution < 1.29 is 4.79 Å². The van der Waals surface area contributed by atoms with Crippen molar-refractivity contribution in [2.45, 2.75) is 44.8 Å². The van der Waals surface area contributed by atoms with Gasteiger partial charge in [-0.1, -0.05) is 75.0 Å². The first-order valence-corrected chi connectivity index (χ1v) is 13.1. The first-order valence-electron chi connectivity index (χ1n) is 12.1. The second kappa shape index (κ2) is 10.7. The van der Waals surface area contributed by atoms with Crippen LogP contribution in [0.15, 0.2) is 66.3 Å². The van der Waals surface area contributed by atoms with E-state index >= 15 is 0 Å². The summed E-state index contributed by atoms with van der Waals surface area (Å²) in [5, 5.41) is 9.60. The summed E-state index contributed by atoms with van der Waals surface area (Å²) in [5.74, 6) is 1.29. The molecule has 3 aromatic rings. The molecule has 1 aliphatic rings. The molecule has 1 aromatic heterocycles. The van der Waals surface area contributed by atoms with Crippen molar-refractivity contribution >= 4 is 23.4 Å². The van der Waals surface area contributed by atoms with Crippen molar-refractivity contribution in [3.63, 3.8) is 0 Å². The number of allylic oxidation sites excluding steroid dienone is 1. The maximum atomic E-state index is 13.0. The maximum Gasteiger partial charge on any atom is 0.233 e. The summed E-state index contributed by atoms with van der Waals surface area (Å²) < 4.78 is 2.03. The van der Waals surface area contributed by atoms with Crippen LogP contribution < -0.4 is 4.90 Å². The third-order valence-corrected chi connectivity index (χ3v) is 7.31. The lowest BCUT2D eigenvalue weighted by Gasteiger charge is -2.36. The molecule has 1 fully saturated rings. The Hall–Kier alpha value is -3.06. The summed E-state index contributed by atoms with van der Waals surface area (Å²) in [7, 11) is 0. The zero-order valence-electron chi connectivity index (χ0n) is 21.2. The van der Waals surface area contributed by atoms with Crippen molar-refractivity contribution in [1.29, 1.82) is 0 Å². The second-order valence-corrected chi connectivity index (χ2v) is 11.0. The lowest BCUT2D eigenvalue weighted by Crippen LogP contribution is -2.49. The summed E-state index contributed by atoms with van der Waals surface area (Å²) in [6.45, 7) is 16.4. The number of hydrogen-bond donors (Lipinski definition) is 0. The van der Waals surface area contributed by atoms with Crippen LogP contribution in [0, 0.1) is 6.92 Å². The highest BCUT2D eigenvalue weighted by molar-refractivity contribution is 7.99. The predicted molar refractivity (Wildman–Crippen MR) is 145 cm³/mol. The number of carbonyl (C=O) groups is 1. The van der Waals surface area contributed by atoms with Gasteiger partial charge in [0.15, 0.2) is 11.0 Å². The number of rotatable bonds is 7. The number of carbonyl (C=O) groups excluding carboxylic acids is 1. The Labute approximate surface area is 213 Å². The topological polar surface area (TPSA) is 54.3 Å². The Kier molecular flexibility index (Phi) is 7.65. The van der Waals surface area contributed by atoms with Crippen LogP contribution in [0.25, 0.3) is 11.4 Å². The second-order valence-electron chi connectivity index (χ2n) is 10.0. The largest absolute Gasteiger partial charge is 0.368 e. The Morgan fingerprint density at radius 3 is 2.40 bits per heavy atom. The number of benzene rings is 2. The molecule has 6 nitrogen and oxygen atoms in total. The minimum absolute atomic E-state index is 0.0974. The van der Waals surface area contributed by atoms with Crippen LogP contribution in [-0.2, 0) is 16.8 Å². The number of aromatic nitrogens is 3. The normalized spacial score (nSPS) is 14.3. The molecule has 4 rings (SSSR count). The van der Waals surface area contributed by atoms with Crippen LogP contribution in [0.4, 0.5) is 5.69 Å². The van der Waals surface area contributed by atoms with Crippen molar-refractivity contribution in [2.24, 2.45) is 0 Å². The molecule has 0 aliphatic carbocycles. The molecular formula is C28H35N5OS. The fourth-order valence-electron chi connectivity index (χ4n) is 4.28. The Morgan fingerprint density at radius 2 is 1.77 bits per heavy atom. The first-order chi connectivity index (χ1) is 16.8. The van der Waals surface area contributed by atoms with E-state index < -0.39 is 0 Å². The fourth-order valence-corrected chi connectivity index (χ4v) is 5.13. The molecule has 7 heteroatoms. The molecule has 1 saturated heterocycles. The smallest absolute Gasteiger partial charge is 0.233 e. The van der Waals surface area contributed by atoms with Crippen LogP contribution in [0.2, 0.25) is 0 Å².